The first-order valence-corrected chi connectivity index (χ1v) is 9.97. The van der Waals surface area contributed by atoms with Gasteiger partial charge in [-0.25, -0.2) is 0 Å². The summed E-state index contributed by atoms with van der Waals surface area (Å²) in [4.78, 5) is 30.2. The van der Waals surface area contributed by atoms with E-state index in [1.54, 1.807) is 25.3 Å². The van der Waals surface area contributed by atoms with Gasteiger partial charge in [-0.05, 0) is 31.0 Å². The predicted molar refractivity (Wildman–Crippen MR) is 106 cm³/mol. The summed E-state index contributed by atoms with van der Waals surface area (Å²) in [5.41, 5.74) is -0.499. The van der Waals surface area contributed by atoms with Gasteiger partial charge in [0.2, 0.25) is 5.60 Å². The second kappa shape index (κ2) is 9.15. The number of amides is 1. The van der Waals surface area contributed by atoms with E-state index < -0.39 is 23.9 Å². The van der Waals surface area contributed by atoms with Crippen molar-refractivity contribution in [2.75, 3.05) is 14.2 Å². The van der Waals surface area contributed by atoms with Crippen molar-refractivity contribution in [3.05, 3.63) is 23.8 Å². The van der Waals surface area contributed by atoms with E-state index in [1.165, 1.54) is 7.11 Å². The summed E-state index contributed by atoms with van der Waals surface area (Å²) in [7, 11) is 3.08. The molecule has 1 aliphatic carbocycles. The van der Waals surface area contributed by atoms with E-state index in [0.717, 1.165) is 38.5 Å². The summed E-state index contributed by atoms with van der Waals surface area (Å²) in [5, 5.41) is 16.5. The number of carboxylic acids is 1. The number of aliphatic carboxylic acids is 1. The molecule has 1 fully saturated rings. The Hall–Kier alpha value is -2.77. The molecule has 0 radical (unpaired) electrons. The topological polar surface area (TPSA) is 106 Å². The lowest BCUT2D eigenvalue weighted by Crippen LogP contribution is -2.51. The molecule has 1 aromatic carbocycles. The third-order valence-electron chi connectivity index (χ3n) is 5.54. The van der Waals surface area contributed by atoms with E-state index in [9.17, 15) is 14.7 Å². The molecule has 8 heteroatoms. The van der Waals surface area contributed by atoms with Crippen molar-refractivity contribution in [2.45, 2.75) is 63.0 Å². The van der Waals surface area contributed by atoms with Crippen molar-refractivity contribution in [2.24, 2.45) is 5.16 Å². The fourth-order valence-corrected chi connectivity index (χ4v) is 3.94. The van der Waals surface area contributed by atoms with E-state index in [1.807, 2.05) is 0 Å². The molecule has 0 bridgehead atoms. The van der Waals surface area contributed by atoms with Crippen LogP contribution in [0.2, 0.25) is 0 Å². The Morgan fingerprint density at radius 1 is 1.21 bits per heavy atom. The standard InChI is InChI=1S/C21H28N2O6/c1-27-15-9-10-18(28-2)16(11-15)17-12-21(29-23-17,13-19(24)25)20(26)22-14-7-5-3-4-6-8-14/h9-11,14H,3-8,12-13H2,1-2H3,(H,22,26)(H,24,25). The number of carboxylic acid groups (broad SMARTS) is 1. The van der Waals surface area contributed by atoms with Crippen LogP contribution in [0.25, 0.3) is 0 Å². The summed E-state index contributed by atoms with van der Waals surface area (Å²) < 4.78 is 10.7. The maximum atomic E-state index is 13.1. The first-order valence-electron chi connectivity index (χ1n) is 9.97. The quantitative estimate of drug-likeness (QED) is 0.677. The Kier molecular flexibility index (Phi) is 6.61. The van der Waals surface area contributed by atoms with Crippen molar-refractivity contribution in [1.82, 2.24) is 5.32 Å². The molecule has 3 rings (SSSR count). The number of nitrogens with zero attached hydrogens (tertiary/aromatic N) is 1. The largest absolute Gasteiger partial charge is 0.497 e. The summed E-state index contributed by atoms with van der Waals surface area (Å²) in [6, 6.07) is 5.26. The maximum Gasteiger partial charge on any atom is 0.308 e. The van der Waals surface area contributed by atoms with Gasteiger partial charge in [0, 0.05) is 18.0 Å². The Morgan fingerprint density at radius 3 is 2.55 bits per heavy atom. The van der Waals surface area contributed by atoms with Gasteiger partial charge in [-0.3, -0.25) is 9.59 Å². The van der Waals surface area contributed by atoms with E-state index in [-0.39, 0.29) is 12.5 Å². The van der Waals surface area contributed by atoms with Crippen LogP contribution < -0.4 is 14.8 Å². The molecule has 0 saturated heterocycles. The third kappa shape index (κ3) is 4.81. The number of methoxy groups -OCH3 is 2. The average molecular weight is 404 g/mol. The van der Waals surface area contributed by atoms with Gasteiger partial charge in [0.05, 0.1) is 26.4 Å². The van der Waals surface area contributed by atoms with Crippen molar-refractivity contribution in [3.63, 3.8) is 0 Å². The fraction of sp³-hybridized carbons (Fsp3) is 0.571. The molecule has 1 amide bonds. The van der Waals surface area contributed by atoms with Crippen LogP contribution in [0.1, 0.15) is 56.9 Å². The highest BCUT2D eigenvalue weighted by molar-refractivity contribution is 6.08. The van der Waals surface area contributed by atoms with Crippen LogP contribution >= 0.6 is 0 Å². The van der Waals surface area contributed by atoms with Crippen LogP contribution in [0, 0.1) is 0 Å². The summed E-state index contributed by atoms with van der Waals surface area (Å²) in [6.45, 7) is 0. The molecule has 1 atom stereocenters. The van der Waals surface area contributed by atoms with Gasteiger partial charge >= 0.3 is 5.97 Å². The van der Waals surface area contributed by atoms with E-state index in [2.05, 4.69) is 10.5 Å². The molecule has 2 N–H and O–H groups in total. The summed E-state index contributed by atoms with van der Waals surface area (Å²) in [6.07, 6.45) is 5.80. The minimum atomic E-state index is -1.57. The minimum absolute atomic E-state index is 0.0367. The number of hydrogen-bond donors (Lipinski definition) is 2. The van der Waals surface area contributed by atoms with Crippen molar-refractivity contribution in [1.29, 1.82) is 0 Å². The van der Waals surface area contributed by atoms with Crippen LogP contribution in [-0.2, 0) is 14.4 Å². The summed E-state index contributed by atoms with van der Waals surface area (Å²) in [5.74, 6) is -0.395. The van der Waals surface area contributed by atoms with Gasteiger partial charge in [0.15, 0.2) is 0 Å². The van der Waals surface area contributed by atoms with Gasteiger partial charge < -0.3 is 24.7 Å². The Balaban J connectivity index is 1.82. The highest BCUT2D eigenvalue weighted by Gasteiger charge is 2.49. The van der Waals surface area contributed by atoms with Crippen LogP contribution in [0.15, 0.2) is 23.4 Å². The number of carbonyl (C=O) groups excluding carboxylic acids is 1. The Bertz CT molecular complexity index is 785. The minimum Gasteiger partial charge on any atom is -0.497 e. The molecule has 8 nitrogen and oxygen atoms in total. The molecule has 1 saturated carbocycles. The second-order valence-electron chi connectivity index (χ2n) is 7.60. The number of carbonyl (C=O) groups is 2. The third-order valence-corrected chi connectivity index (χ3v) is 5.54. The molecule has 1 aromatic rings. The van der Waals surface area contributed by atoms with Gasteiger partial charge in [-0.15, -0.1) is 0 Å². The second-order valence-corrected chi connectivity index (χ2v) is 7.60. The molecular weight excluding hydrogens is 376 g/mol. The highest BCUT2D eigenvalue weighted by atomic mass is 16.7. The number of rotatable bonds is 7. The number of hydrogen-bond acceptors (Lipinski definition) is 6. The van der Waals surface area contributed by atoms with E-state index in [4.69, 9.17) is 14.3 Å². The van der Waals surface area contributed by atoms with Crippen molar-refractivity contribution < 1.29 is 29.0 Å². The molecule has 1 unspecified atom stereocenters. The first-order chi connectivity index (χ1) is 14.0. The van der Waals surface area contributed by atoms with Crippen LogP contribution in [0.5, 0.6) is 11.5 Å². The molecule has 0 spiro atoms. The summed E-state index contributed by atoms with van der Waals surface area (Å²) >= 11 is 0. The van der Waals surface area contributed by atoms with Gasteiger partial charge in [-0.1, -0.05) is 30.8 Å². The van der Waals surface area contributed by atoms with Crippen LogP contribution in [-0.4, -0.2) is 48.6 Å². The zero-order chi connectivity index (χ0) is 20.9. The SMILES string of the molecule is COc1ccc(OC)c(C2=NOC(CC(=O)O)(C(=O)NC3CCCCCC3)C2)c1. The molecule has 0 aromatic heterocycles. The normalized spacial score (nSPS) is 22.2. The maximum absolute atomic E-state index is 13.1. The zero-order valence-electron chi connectivity index (χ0n) is 16.9. The Morgan fingerprint density at radius 2 is 1.93 bits per heavy atom. The van der Waals surface area contributed by atoms with Crippen LogP contribution in [0.4, 0.5) is 0 Å². The molecular formula is C21H28N2O6. The molecule has 1 aliphatic heterocycles. The predicted octanol–water partition coefficient (Wildman–Crippen LogP) is 2.88. The number of oxime groups is 1. The van der Waals surface area contributed by atoms with Crippen LogP contribution in [0.3, 0.4) is 0 Å². The Labute approximate surface area is 170 Å². The molecule has 2 aliphatic rings. The number of ether oxygens (including phenoxy) is 2. The van der Waals surface area contributed by atoms with E-state index in [0.29, 0.717) is 22.8 Å². The first kappa shape index (κ1) is 21.0. The molecule has 158 valence electrons. The number of nitrogens with one attached hydrogen (secondary N) is 1. The number of benzene rings is 1. The van der Waals surface area contributed by atoms with Crippen molar-refractivity contribution >= 4 is 17.6 Å². The lowest BCUT2D eigenvalue weighted by atomic mass is 9.89. The molecule has 1 heterocycles. The fourth-order valence-electron chi connectivity index (χ4n) is 3.94. The zero-order valence-corrected chi connectivity index (χ0v) is 16.9. The lowest BCUT2D eigenvalue weighted by molar-refractivity contribution is -0.156. The van der Waals surface area contributed by atoms with Gasteiger partial charge in [0.25, 0.3) is 5.91 Å². The highest BCUT2D eigenvalue weighted by Crippen LogP contribution is 2.35. The van der Waals surface area contributed by atoms with Crippen molar-refractivity contribution in [3.8, 4) is 11.5 Å². The van der Waals surface area contributed by atoms with E-state index >= 15 is 0 Å². The van der Waals surface area contributed by atoms with Gasteiger partial charge in [-0.2, -0.15) is 0 Å². The monoisotopic (exact) mass is 404 g/mol. The lowest BCUT2D eigenvalue weighted by Gasteiger charge is -2.27. The smallest absolute Gasteiger partial charge is 0.308 e. The molecule has 29 heavy (non-hydrogen) atoms. The average Bonchev–Trinajstić information content (AvgIpc) is 2.97. The van der Waals surface area contributed by atoms with Gasteiger partial charge in [0.1, 0.15) is 11.5 Å².